The van der Waals surface area contributed by atoms with E-state index in [-0.39, 0.29) is 11.2 Å². The second-order valence-electron chi connectivity index (χ2n) is 5.85. The van der Waals surface area contributed by atoms with E-state index in [0.717, 1.165) is 25.9 Å². The molecule has 0 radical (unpaired) electrons. The molecule has 1 N–H and O–H groups in total. The molecule has 1 aliphatic rings. The van der Waals surface area contributed by atoms with Crippen molar-refractivity contribution in [2.24, 2.45) is 13.0 Å². The van der Waals surface area contributed by atoms with Gasteiger partial charge in [-0.15, -0.1) is 0 Å². The van der Waals surface area contributed by atoms with E-state index in [2.05, 4.69) is 5.32 Å². The lowest BCUT2D eigenvalue weighted by Crippen LogP contribution is -2.43. The van der Waals surface area contributed by atoms with E-state index in [0.29, 0.717) is 29.1 Å². The van der Waals surface area contributed by atoms with Crippen LogP contribution in [0.25, 0.3) is 10.9 Å². The van der Waals surface area contributed by atoms with Crippen molar-refractivity contribution in [1.29, 1.82) is 0 Å². The molecular weight excluding hydrogens is 282 g/mol. The smallest absolute Gasteiger partial charge is 0.331 e. The third kappa shape index (κ3) is 2.54. The predicted octanol–water partition coefficient (Wildman–Crippen LogP) is 0.708. The molecule has 2 aromatic rings. The Morgan fingerprint density at radius 2 is 2.18 bits per heavy atom. The van der Waals surface area contributed by atoms with E-state index >= 15 is 0 Å². The Balaban J connectivity index is 2.11. The van der Waals surface area contributed by atoms with Gasteiger partial charge < -0.3 is 10.1 Å². The first kappa shape index (κ1) is 14.8. The van der Waals surface area contributed by atoms with Gasteiger partial charge in [-0.1, -0.05) is 0 Å². The minimum Gasteiger partial charge on any atom is -0.497 e. The summed E-state index contributed by atoms with van der Waals surface area (Å²) >= 11 is 0. The first-order valence-corrected chi connectivity index (χ1v) is 7.60. The number of rotatable bonds is 3. The number of fused-ring (bicyclic) bond motifs is 1. The number of hydrogen-bond acceptors (Lipinski definition) is 4. The van der Waals surface area contributed by atoms with Gasteiger partial charge in [-0.25, -0.2) is 4.79 Å². The maximum Gasteiger partial charge on any atom is 0.331 e. The van der Waals surface area contributed by atoms with Crippen LogP contribution in [-0.4, -0.2) is 29.3 Å². The van der Waals surface area contributed by atoms with Gasteiger partial charge in [-0.05, 0) is 44.0 Å². The van der Waals surface area contributed by atoms with Gasteiger partial charge in [0.05, 0.1) is 18.0 Å². The Morgan fingerprint density at radius 1 is 1.36 bits per heavy atom. The fraction of sp³-hybridized carbons (Fsp3) is 0.500. The first-order chi connectivity index (χ1) is 10.6. The zero-order valence-corrected chi connectivity index (χ0v) is 13.0. The fourth-order valence-electron chi connectivity index (χ4n) is 3.11. The SMILES string of the molecule is COc1ccc2c(=O)n(CC3CCCNC3)c(=O)n(C)c2c1. The lowest BCUT2D eigenvalue weighted by Gasteiger charge is -2.23. The molecule has 0 aliphatic carbocycles. The topological polar surface area (TPSA) is 65.3 Å². The van der Waals surface area contributed by atoms with E-state index in [1.165, 1.54) is 9.13 Å². The van der Waals surface area contributed by atoms with Crippen molar-refractivity contribution in [2.45, 2.75) is 19.4 Å². The highest BCUT2D eigenvalue weighted by atomic mass is 16.5. The molecule has 1 aromatic heterocycles. The van der Waals surface area contributed by atoms with Crippen molar-refractivity contribution in [3.63, 3.8) is 0 Å². The van der Waals surface area contributed by atoms with Gasteiger partial charge in [-0.2, -0.15) is 0 Å². The molecule has 1 aliphatic heterocycles. The Kier molecular flexibility index (Phi) is 4.02. The van der Waals surface area contributed by atoms with E-state index in [9.17, 15) is 9.59 Å². The predicted molar refractivity (Wildman–Crippen MR) is 85.6 cm³/mol. The molecule has 1 atom stereocenters. The molecule has 0 bridgehead atoms. The summed E-state index contributed by atoms with van der Waals surface area (Å²) in [6.07, 6.45) is 2.13. The number of ether oxygens (including phenoxy) is 1. The third-order valence-electron chi connectivity index (χ3n) is 4.40. The number of hydrogen-bond donors (Lipinski definition) is 1. The normalized spacial score (nSPS) is 18.5. The third-order valence-corrected chi connectivity index (χ3v) is 4.40. The van der Waals surface area contributed by atoms with Crippen LogP contribution in [0.2, 0.25) is 0 Å². The molecule has 3 rings (SSSR count). The zero-order valence-electron chi connectivity index (χ0n) is 13.0. The fourth-order valence-corrected chi connectivity index (χ4v) is 3.11. The van der Waals surface area contributed by atoms with E-state index in [1.807, 2.05) is 0 Å². The summed E-state index contributed by atoms with van der Waals surface area (Å²) in [6, 6.07) is 5.21. The molecule has 1 saturated heterocycles. The van der Waals surface area contributed by atoms with Crippen LogP contribution >= 0.6 is 0 Å². The van der Waals surface area contributed by atoms with Crippen LogP contribution in [0.1, 0.15) is 12.8 Å². The van der Waals surface area contributed by atoms with Crippen LogP contribution in [0, 0.1) is 5.92 Å². The van der Waals surface area contributed by atoms with Crippen LogP contribution in [0.4, 0.5) is 0 Å². The van der Waals surface area contributed by atoms with Gasteiger partial charge >= 0.3 is 5.69 Å². The van der Waals surface area contributed by atoms with Crippen molar-refractivity contribution in [3.8, 4) is 5.75 Å². The molecule has 1 unspecified atom stereocenters. The Labute approximate surface area is 128 Å². The van der Waals surface area contributed by atoms with Gasteiger partial charge in [0.2, 0.25) is 0 Å². The number of nitrogens with one attached hydrogen (secondary N) is 1. The second-order valence-corrected chi connectivity index (χ2v) is 5.85. The van der Waals surface area contributed by atoms with Crippen molar-refractivity contribution >= 4 is 10.9 Å². The molecule has 1 aromatic carbocycles. The molecule has 6 nitrogen and oxygen atoms in total. The highest BCUT2D eigenvalue weighted by Crippen LogP contribution is 2.17. The van der Waals surface area contributed by atoms with Gasteiger partial charge in [0, 0.05) is 19.7 Å². The summed E-state index contributed by atoms with van der Waals surface area (Å²) in [5.41, 5.74) is 0.120. The maximum atomic E-state index is 12.7. The molecule has 1 fully saturated rings. The minimum absolute atomic E-state index is 0.216. The molecule has 2 heterocycles. The second kappa shape index (κ2) is 5.96. The highest BCUT2D eigenvalue weighted by Gasteiger charge is 2.18. The number of benzene rings is 1. The van der Waals surface area contributed by atoms with Gasteiger partial charge in [-0.3, -0.25) is 13.9 Å². The minimum atomic E-state index is -0.267. The first-order valence-electron chi connectivity index (χ1n) is 7.60. The largest absolute Gasteiger partial charge is 0.497 e. The van der Waals surface area contributed by atoms with E-state index in [4.69, 9.17) is 4.74 Å². The number of nitrogens with zero attached hydrogens (tertiary/aromatic N) is 2. The standard InChI is InChI=1S/C16H21N3O3/c1-18-14-8-12(22-2)5-6-13(14)15(20)19(16(18)21)10-11-4-3-7-17-9-11/h5-6,8,11,17H,3-4,7,9-10H2,1-2H3. The highest BCUT2D eigenvalue weighted by molar-refractivity contribution is 5.79. The monoisotopic (exact) mass is 303 g/mol. The number of aryl methyl sites for hydroxylation is 1. The number of aromatic nitrogens is 2. The van der Waals surface area contributed by atoms with Crippen molar-refractivity contribution < 1.29 is 4.74 Å². The lowest BCUT2D eigenvalue weighted by molar-refractivity contribution is 0.327. The van der Waals surface area contributed by atoms with E-state index < -0.39 is 0 Å². The summed E-state index contributed by atoms with van der Waals surface area (Å²) < 4.78 is 8.07. The van der Waals surface area contributed by atoms with Gasteiger partial charge in [0.1, 0.15) is 5.75 Å². The average molecular weight is 303 g/mol. The Hall–Kier alpha value is -2.08. The summed E-state index contributed by atoms with van der Waals surface area (Å²) in [7, 11) is 3.26. The molecule has 0 saturated carbocycles. The molecule has 22 heavy (non-hydrogen) atoms. The van der Waals surface area contributed by atoms with Crippen molar-refractivity contribution in [3.05, 3.63) is 39.0 Å². The van der Waals surface area contributed by atoms with Crippen LogP contribution in [0.15, 0.2) is 27.8 Å². The molecule has 6 heteroatoms. The van der Waals surface area contributed by atoms with E-state index in [1.54, 1.807) is 32.4 Å². The summed E-state index contributed by atoms with van der Waals surface area (Å²) in [5.74, 6) is 0.964. The van der Waals surface area contributed by atoms with Crippen molar-refractivity contribution in [1.82, 2.24) is 14.5 Å². The molecule has 0 amide bonds. The summed E-state index contributed by atoms with van der Waals surface area (Å²) in [5, 5.41) is 3.87. The summed E-state index contributed by atoms with van der Waals surface area (Å²) in [4.78, 5) is 25.2. The maximum absolute atomic E-state index is 12.7. The van der Waals surface area contributed by atoms with Gasteiger partial charge in [0.15, 0.2) is 0 Å². The van der Waals surface area contributed by atoms with Crippen LogP contribution in [0.5, 0.6) is 5.75 Å². The van der Waals surface area contributed by atoms with Gasteiger partial charge in [0.25, 0.3) is 5.56 Å². The Bertz CT molecular complexity index is 801. The quantitative estimate of drug-likeness (QED) is 0.907. The van der Waals surface area contributed by atoms with Crippen molar-refractivity contribution in [2.75, 3.05) is 20.2 Å². The summed E-state index contributed by atoms with van der Waals surface area (Å²) in [6.45, 7) is 2.34. The molecule has 118 valence electrons. The molecule has 0 spiro atoms. The van der Waals surface area contributed by atoms with Crippen LogP contribution < -0.4 is 21.3 Å². The number of methoxy groups -OCH3 is 1. The lowest BCUT2D eigenvalue weighted by atomic mass is 10.00. The Morgan fingerprint density at radius 3 is 2.86 bits per heavy atom. The van der Waals surface area contributed by atoms with Crippen LogP contribution in [-0.2, 0) is 13.6 Å². The zero-order chi connectivity index (χ0) is 15.7. The van der Waals surface area contributed by atoms with Crippen LogP contribution in [0.3, 0.4) is 0 Å². The molecular formula is C16H21N3O3. The number of piperidine rings is 1. The average Bonchev–Trinajstić information content (AvgIpc) is 2.57.